The summed E-state index contributed by atoms with van der Waals surface area (Å²) in [6.45, 7) is -1.70. The van der Waals surface area contributed by atoms with Crippen LogP contribution < -0.4 is 14.8 Å². The van der Waals surface area contributed by atoms with E-state index in [0.717, 1.165) is 0 Å². The molecule has 1 amide bonds. The first-order valence-electron chi connectivity index (χ1n) is 6.99. The Balaban J connectivity index is 2.10. The molecule has 0 saturated carbocycles. The maximum absolute atomic E-state index is 12.4. The molecule has 0 aliphatic carbocycles. The lowest BCUT2D eigenvalue weighted by Crippen LogP contribution is -2.30. The number of nitrogens with zero attached hydrogens (tertiary/aromatic N) is 2. The molecule has 0 fully saturated rings. The first-order chi connectivity index (χ1) is 11.9. The van der Waals surface area contributed by atoms with E-state index in [2.05, 4.69) is 15.0 Å². The predicted molar refractivity (Wildman–Crippen MR) is 82.7 cm³/mol. The molecule has 1 atom stereocenters. The van der Waals surface area contributed by atoms with Crippen molar-refractivity contribution in [2.45, 2.75) is 19.6 Å². The lowest BCUT2D eigenvalue weighted by molar-refractivity contribution is -0.390. The van der Waals surface area contributed by atoms with Gasteiger partial charge in [-0.2, -0.15) is 8.78 Å². The molecule has 0 aliphatic heterocycles. The number of amides is 1. The third-order valence-electron chi connectivity index (χ3n) is 2.96. The van der Waals surface area contributed by atoms with E-state index >= 15 is 0 Å². The van der Waals surface area contributed by atoms with Crippen molar-refractivity contribution in [3.63, 3.8) is 0 Å². The molecule has 25 heavy (non-hydrogen) atoms. The van der Waals surface area contributed by atoms with Gasteiger partial charge in [0.2, 0.25) is 5.75 Å². The molecule has 8 nitrogen and oxygen atoms in total. The van der Waals surface area contributed by atoms with Crippen LogP contribution in [-0.4, -0.2) is 28.5 Å². The fraction of sp³-hybridized carbons (Fsp3) is 0.200. The van der Waals surface area contributed by atoms with Crippen molar-refractivity contribution in [3.05, 3.63) is 52.7 Å². The molecule has 0 bridgehead atoms. The van der Waals surface area contributed by atoms with Gasteiger partial charge in [0.25, 0.3) is 5.91 Å². The summed E-state index contributed by atoms with van der Waals surface area (Å²) in [6.07, 6.45) is 0.0655. The standard InChI is InChI=1S/C15H13F2N3O5/c1-9(24-12-7-4-8-18-13(12)20(22)23)14(21)19-10-5-2-3-6-11(10)25-15(16)17/h2-9,15H,1H3,(H,19,21). The number of carbonyl (C=O) groups is 1. The fourth-order valence-electron chi connectivity index (χ4n) is 1.86. The van der Waals surface area contributed by atoms with Crippen LogP contribution >= 0.6 is 0 Å². The van der Waals surface area contributed by atoms with Gasteiger partial charge in [-0.3, -0.25) is 4.79 Å². The predicted octanol–water partition coefficient (Wildman–Crippen LogP) is 3.00. The van der Waals surface area contributed by atoms with Crippen LogP contribution in [0.25, 0.3) is 0 Å². The molecule has 0 spiro atoms. The van der Waals surface area contributed by atoms with Gasteiger partial charge >= 0.3 is 12.4 Å². The van der Waals surface area contributed by atoms with Crippen molar-refractivity contribution in [1.82, 2.24) is 4.98 Å². The summed E-state index contributed by atoms with van der Waals surface area (Å²) in [5.74, 6) is -1.65. The Morgan fingerprint density at radius 3 is 2.56 bits per heavy atom. The van der Waals surface area contributed by atoms with Gasteiger partial charge in [0.05, 0.1) is 5.69 Å². The molecular formula is C15H13F2N3O5. The zero-order valence-corrected chi connectivity index (χ0v) is 12.9. The topological polar surface area (TPSA) is 104 Å². The largest absolute Gasteiger partial charge is 0.473 e. The van der Waals surface area contributed by atoms with Crippen LogP contribution in [0.2, 0.25) is 0 Å². The average Bonchev–Trinajstić information content (AvgIpc) is 2.56. The fourth-order valence-corrected chi connectivity index (χ4v) is 1.86. The number of nitrogens with one attached hydrogen (secondary N) is 1. The van der Waals surface area contributed by atoms with Crippen molar-refractivity contribution in [2.24, 2.45) is 0 Å². The van der Waals surface area contributed by atoms with Crippen molar-refractivity contribution in [3.8, 4) is 11.5 Å². The summed E-state index contributed by atoms with van der Waals surface area (Å²) in [5.41, 5.74) is 0.0175. The molecule has 1 aromatic carbocycles. The highest BCUT2D eigenvalue weighted by atomic mass is 19.3. The van der Waals surface area contributed by atoms with E-state index < -0.39 is 29.4 Å². The smallest absolute Gasteiger partial charge is 0.406 e. The molecule has 1 aromatic heterocycles. The minimum atomic E-state index is -3.05. The summed E-state index contributed by atoms with van der Waals surface area (Å²) in [4.78, 5) is 25.9. The van der Waals surface area contributed by atoms with Crippen LogP contribution in [0.15, 0.2) is 42.6 Å². The van der Waals surface area contributed by atoms with Gasteiger partial charge in [-0.15, -0.1) is 0 Å². The number of hydrogen-bond donors (Lipinski definition) is 1. The van der Waals surface area contributed by atoms with Gasteiger partial charge < -0.3 is 24.9 Å². The van der Waals surface area contributed by atoms with Crippen LogP contribution in [0.1, 0.15) is 6.92 Å². The quantitative estimate of drug-likeness (QED) is 0.606. The van der Waals surface area contributed by atoms with Crippen LogP contribution in [0, 0.1) is 10.1 Å². The number of nitro groups is 1. The number of rotatable bonds is 7. The van der Waals surface area contributed by atoms with Crippen molar-refractivity contribution >= 4 is 17.4 Å². The van der Waals surface area contributed by atoms with E-state index in [-0.39, 0.29) is 17.2 Å². The van der Waals surface area contributed by atoms with E-state index in [0.29, 0.717) is 0 Å². The van der Waals surface area contributed by atoms with Gasteiger partial charge in [-0.25, -0.2) is 0 Å². The molecule has 0 saturated heterocycles. The van der Waals surface area contributed by atoms with Crippen molar-refractivity contribution in [2.75, 3.05) is 5.32 Å². The number of alkyl halides is 2. The molecule has 1 N–H and O–H groups in total. The number of hydrogen-bond acceptors (Lipinski definition) is 6. The minimum Gasteiger partial charge on any atom is -0.473 e. The molecule has 2 aromatic rings. The molecule has 2 rings (SSSR count). The van der Waals surface area contributed by atoms with E-state index in [1.165, 1.54) is 49.5 Å². The minimum absolute atomic E-state index is 0.0175. The van der Waals surface area contributed by atoms with E-state index in [1.807, 2.05) is 0 Å². The first-order valence-corrected chi connectivity index (χ1v) is 6.99. The van der Waals surface area contributed by atoms with Crippen LogP contribution in [0.3, 0.4) is 0 Å². The Morgan fingerprint density at radius 1 is 1.20 bits per heavy atom. The summed E-state index contributed by atoms with van der Waals surface area (Å²) in [7, 11) is 0. The number of carbonyl (C=O) groups excluding carboxylic acids is 1. The van der Waals surface area contributed by atoms with Crippen molar-refractivity contribution < 1.29 is 28.0 Å². The number of pyridine rings is 1. The van der Waals surface area contributed by atoms with E-state index in [9.17, 15) is 23.7 Å². The SMILES string of the molecule is CC(Oc1cccnc1[N+](=O)[O-])C(=O)Nc1ccccc1OC(F)F. The molecule has 10 heteroatoms. The second-order valence-electron chi connectivity index (χ2n) is 4.71. The third-order valence-corrected chi connectivity index (χ3v) is 2.96. The Labute approximate surface area is 140 Å². The number of benzene rings is 1. The van der Waals surface area contributed by atoms with E-state index in [1.54, 1.807) is 0 Å². The molecule has 1 unspecified atom stereocenters. The average molecular weight is 353 g/mol. The highest BCUT2D eigenvalue weighted by molar-refractivity contribution is 5.95. The molecule has 0 radical (unpaired) electrons. The lowest BCUT2D eigenvalue weighted by atomic mass is 10.2. The Morgan fingerprint density at radius 2 is 1.88 bits per heavy atom. The summed E-state index contributed by atoms with van der Waals surface area (Å²) in [5, 5.41) is 13.3. The van der Waals surface area contributed by atoms with Gasteiger partial charge in [-0.05, 0) is 41.1 Å². The summed E-state index contributed by atoms with van der Waals surface area (Å²) < 4.78 is 34.3. The van der Waals surface area contributed by atoms with Crippen molar-refractivity contribution in [1.29, 1.82) is 0 Å². The molecular weight excluding hydrogens is 340 g/mol. The summed E-state index contributed by atoms with van der Waals surface area (Å²) in [6, 6.07) is 8.33. The maximum Gasteiger partial charge on any atom is 0.406 e. The van der Waals surface area contributed by atoms with Crippen LogP contribution in [0.5, 0.6) is 11.5 Å². The van der Waals surface area contributed by atoms with Gasteiger partial charge in [0.15, 0.2) is 6.10 Å². The van der Waals surface area contributed by atoms with Gasteiger partial charge in [0, 0.05) is 0 Å². The normalized spacial score (nSPS) is 11.7. The molecule has 0 aliphatic rings. The second-order valence-corrected chi connectivity index (χ2v) is 4.71. The monoisotopic (exact) mass is 353 g/mol. The Kier molecular flexibility index (Phi) is 5.77. The number of ether oxygens (including phenoxy) is 2. The molecule has 132 valence electrons. The zero-order chi connectivity index (χ0) is 18.4. The second kappa shape index (κ2) is 7.99. The third kappa shape index (κ3) is 4.83. The van der Waals surface area contributed by atoms with Gasteiger partial charge in [0.1, 0.15) is 11.9 Å². The van der Waals surface area contributed by atoms with E-state index in [4.69, 9.17) is 4.74 Å². The summed E-state index contributed by atoms with van der Waals surface area (Å²) >= 11 is 0. The highest BCUT2D eigenvalue weighted by Crippen LogP contribution is 2.27. The Bertz CT molecular complexity index is 772. The van der Waals surface area contributed by atoms with Crippen LogP contribution in [0.4, 0.5) is 20.3 Å². The van der Waals surface area contributed by atoms with Crippen LogP contribution in [-0.2, 0) is 4.79 Å². The lowest BCUT2D eigenvalue weighted by Gasteiger charge is -2.16. The maximum atomic E-state index is 12.4. The number of halogens is 2. The number of aromatic nitrogens is 1. The number of anilines is 1. The molecule has 1 heterocycles. The Hall–Kier alpha value is -3.30. The highest BCUT2D eigenvalue weighted by Gasteiger charge is 2.22. The first kappa shape index (κ1) is 18.0. The van der Waals surface area contributed by atoms with Gasteiger partial charge in [-0.1, -0.05) is 12.1 Å². The zero-order valence-electron chi connectivity index (χ0n) is 12.9. The number of para-hydroxylation sites is 2.